The van der Waals surface area contributed by atoms with Crippen LogP contribution >= 0.6 is 0 Å². The number of carbonyl (C=O) groups excluding carboxylic acids is 2. The number of ether oxygens (including phenoxy) is 1. The molecule has 0 aliphatic carbocycles. The molecule has 2 saturated heterocycles. The Morgan fingerprint density at radius 2 is 1.65 bits per heavy atom. The molecule has 2 aliphatic rings. The molecule has 1 aromatic carbocycles. The SMILES string of the molecule is CC(C)(C)OC(=O)N1CCC(C(=O)NCCC2CCN(Cc3ccccc3)CC2)CC1. The lowest BCUT2D eigenvalue weighted by Crippen LogP contribution is -2.45. The zero-order valence-electron chi connectivity index (χ0n) is 19.4. The summed E-state index contributed by atoms with van der Waals surface area (Å²) < 4.78 is 5.43. The Balaban J connectivity index is 1.28. The van der Waals surface area contributed by atoms with Gasteiger partial charge in [0.05, 0.1) is 0 Å². The van der Waals surface area contributed by atoms with Crippen LogP contribution in [0.25, 0.3) is 0 Å². The van der Waals surface area contributed by atoms with Gasteiger partial charge in [0.25, 0.3) is 0 Å². The summed E-state index contributed by atoms with van der Waals surface area (Å²) in [6.45, 7) is 10.9. The van der Waals surface area contributed by atoms with Crippen LogP contribution in [0.3, 0.4) is 0 Å². The molecule has 1 aromatic rings. The van der Waals surface area contributed by atoms with Gasteiger partial charge in [-0.05, 0) is 77.4 Å². The lowest BCUT2D eigenvalue weighted by Gasteiger charge is -2.33. The molecule has 2 amide bonds. The van der Waals surface area contributed by atoms with Gasteiger partial charge >= 0.3 is 6.09 Å². The third-order valence-electron chi connectivity index (χ3n) is 6.33. The standard InChI is InChI=1S/C25H39N3O3/c1-25(2,3)31-24(30)28-17-12-22(13-18-28)23(29)26-14-9-20-10-15-27(16-11-20)19-21-7-5-4-6-8-21/h4-8,20,22H,9-19H2,1-3H3,(H,26,29). The summed E-state index contributed by atoms with van der Waals surface area (Å²) in [5.41, 5.74) is 0.897. The van der Waals surface area contributed by atoms with Gasteiger partial charge in [-0.3, -0.25) is 9.69 Å². The molecule has 2 heterocycles. The van der Waals surface area contributed by atoms with Gasteiger partial charge in [-0.15, -0.1) is 0 Å². The first-order valence-electron chi connectivity index (χ1n) is 11.8. The third-order valence-corrected chi connectivity index (χ3v) is 6.33. The molecule has 1 N–H and O–H groups in total. The Hall–Kier alpha value is -2.08. The summed E-state index contributed by atoms with van der Waals surface area (Å²) in [5.74, 6) is 0.845. The fraction of sp³-hybridized carbons (Fsp3) is 0.680. The number of hydrogen-bond acceptors (Lipinski definition) is 4. The Bertz CT molecular complexity index is 700. The molecule has 0 bridgehead atoms. The first-order chi connectivity index (χ1) is 14.8. The molecular formula is C25H39N3O3. The van der Waals surface area contributed by atoms with Gasteiger partial charge in [0.15, 0.2) is 0 Å². The van der Waals surface area contributed by atoms with Crippen LogP contribution in [0.1, 0.15) is 58.4 Å². The summed E-state index contributed by atoms with van der Waals surface area (Å²) in [4.78, 5) is 29.0. The molecule has 31 heavy (non-hydrogen) atoms. The summed E-state index contributed by atoms with van der Waals surface area (Å²) in [6.07, 6.45) is 4.62. The van der Waals surface area contributed by atoms with Crippen LogP contribution in [0, 0.1) is 11.8 Å². The van der Waals surface area contributed by atoms with E-state index < -0.39 is 5.60 Å². The first-order valence-corrected chi connectivity index (χ1v) is 11.8. The second kappa shape index (κ2) is 11.0. The Morgan fingerprint density at radius 1 is 1.00 bits per heavy atom. The number of piperidine rings is 2. The highest BCUT2D eigenvalue weighted by atomic mass is 16.6. The Morgan fingerprint density at radius 3 is 2.26 bits per heavy atom. The second-order valence-corrected chi connectivity index (χ2v) is 10.0. The van der Waals surface area contributed by atoms with Crippen LogP contribution in [-0.4, -0.2) is 60.1 Å². The number of benzene rings is 1. The molecule has 2 aliphatic heterocycles. The molecule has 172 valence electrons. The number of carbonyl (C=O) groups is 2. The molecular weight excluding hydrogens is 390 g/mol. The minimum atomic E-state index is -0.483. The van der Waals surface area contributed by atoms with E-state index in [-0.39, 0.29) is 17.9 Å². The third kappa shape index (κ3) is 7.84. The van der Waals surface area contributed by atoms with Gasteiger partial charge < -0.3 is 15.0 Å². The van der Waals surface area contributed by atoms with Gasteiger partial charge in [-0.1, -0.05) is 30.3 Å². The molecule has 0 radical (unpaired) electrons. The van der Waals surface area contributed by atoms with E-state index in [2.05, 4.69) is 40.5 Å². The molecule has 6 heteroatoms. The van der Waals surface area contributed by atoms with Crippen molar-refractivity contribution in [1.82, 2.24) is 15.1 Å². The maximum atomic E-state index is 12.5. The molecule has 6 nitrogen and oxygen atoms in total. The van der Waals surface area contributed by atoms with Crippen molar-refractivity contribution < 1.29 is 14.3 Å². The van der Waals surface area contributed by atoms with Crippen molar-refractivity contribution in [2.45, 2.75) is 65.0 Å². The molecule has 3 rings (SSSR count). The van der Waals surface area contributed by atoms with Gasteiger partial charge in [0.1, 0.15) is 5.60 Å². The van der Waals surface area contributed by atoms with Crippen molar-refractivity contribution in [3.63, 3.8) is 0 Å². The quantitative estimate of drug-likeness (QED) is 0.741. The summed E-state index contributed by atoms with van der Waals surface area (Å²) in [7, 11) is 0. The predicted octanol–water partition coefficient (Wildman–Crippen LogP) is 4.05. The topological polar surface area (TPSA) is 61.9 Å². The monoisotopic (exact) mass is 429 g/mol. The number of amides is 2. The van der Waals surface area contributed by atoms with Crippen LogP contribution in [-0.2, 0) is 16.1 Å². The normalized spacial score (nSPS) is 19.3. The fourth-order valence-electron chi connectivity index (χ4n) is 4.47. The number of nitrogens with one attached hydrogen (secondary N) is 1. The average molecular weight is 430 g/mol. The van der Waals surface area contributed by atoms with Gasteiger partial charge in [0, 0.05) is 32.1 Å². The Kier molecular flexibility index (Phi) is 8.35. The number of hydrogen-bond donors (Lipinski definition) is 1. The van der Waals surface area contributed by atoms with E-state index >= 15 is 0 Å². The molecule has 0 atom stereocenters. The molecule has 2 fully saturated rings. The smallest absolute Gasteiger partial charge is 0.410 e. The van der Waals surface area contributed by atoms with Crippen LogP contribution in [0.4, 0.5) is 4.79 Å². The summed E-state index contributed by atoms with van der Waals surface area (Å²) in [5, 5.41) is 3.15. The highest BCUT2D eigenvalue weighted by molar-refractivity contribution is 5.79. The minimum Gasteiger partial charge on any atom is -0.444 e. The van der Waals surface area contributed by atoms with E-state index in [1.807, 2.05) is 20.8 Å². The lowest BCUT2D eigenvalue weighted by molar-refractivity contribution is -0.126. The van der Waals surface area contributed by atoms with Crippen LogP contribution in [0.5, 0.6) is 0 Å². The van der Waals surface area contributed by atoms with E-state index in [1.54, 1.807) is 4.90 Å². The van der Waals surface area contributed by atoms with E-state index in [9.17, 15) is 9.59 Å². The van der Waals surface area contributed by atoms with E-state index in [1.165, 1.54) is 18.4 Å². The van der Waals surface area contributed by atoms with Crippen molar-refractivity contribution in [3.05, 3.63) is 35.9 Å². The summed E-state index contributed by atoms with van der Waals surface area (Å²) in [6, 6.07) is 10.7. The molecule has 0 unspecified atom stereocenters. The lowest BCUT2D eigenvalue weighted by atomic mass is 9.92. The zero-order valence-corrected chi connectivity index (χ0v) is 19.4. The van der Waals surface area contributed by atoms with Crippen molar-refractivity contribution in [2.24, 2.45) is 11.8 Å². The average Bonchev–Trinajstić information content (AvgIpc) is 2.74. The maximum absolute atomic E-state index is 12.5. The van der Waals surface area contributed by atoms with Gasteiger partial charge in [-0.25, -0.2) is 4.79 Å². The van der Waals surface area contributed by atoms with E-state index in [0.717, 1.165) is 32.6 Å². The minimum absolute atomic E-state index is 0.00593. The maximum Gasteiger partial charge on any atom is 0.410 e. The van der Waals surface area contributed by atoms with Crippen LogP contribution in [0.15, 0.2) is 30.3 Å². The van der Waals surface area contributed by atoms with Crippen molar-refractivity contribution >= 4 is 12.0 Å². The largest absolute Gasteiger partial charge is 0.444 e. The van der Waals surface area contributed by atoms with Gasteiger partial charge in [0.2, 0.25) is 5.91 Å². The molecule has 0 saturated carbocycles. The predicted molar refractivity (Wildman–Crippen MR) is 123 cm³/mol. The highest BCUT2D eigenvalue weighted by Gasteiger charge is 2.30. The van der Waals surface area contributed by atoms with Crippen molar-refractivity contribution in [3.8, 4) is 0 Å². The van der Waals surface area contributed by atoms with Crippen molar-refractivity contribution in [1.29, 1.82) is 0 Å². The van der Waals surface area contributed by atoms with Crippen LogP contribution < -0.4 is 5.32 Å². The van der Waals surface area contributed by atoms with Crippen LogP contribution in [0.2, 0.25) is 0 Å². The van der Waals surface area contributed by atoms with Crippen molar-refractivity contribution in [2.75, 3.05) is 32.7 Å². The summed E-state index contributed by atoms with van der Waals surface area (Å²) >= 11 is 0. The number of rotatable bonds is 6. The number of likely N-dealkylation sites (tertiary alicyclic amines) is 2. The number of nitrogens with zero attached hydrogens (tertiary/aromatic N) is 2. The van der Waals surface area contributed by atoms with Gasteiger partial charge in [-0.2, -0.15) is 0 Å². The first kappa shape index (κ1) is 23.6. The molecule has 0 aromatic heterocycles. The highest BCUT2D eigenvalue weighted by Crippen LogP contribution is 2.22. The fourth-order valence-corrected chi connectivity index (χ4v) is 4.47. The second-order valence-electron chi connectivity index (χ2n) is 10.0. The zero-order chi connectivity index (χ0) is 22.3. The molecule has 0 spiro atoms. The van der Waals surface area contributed by atoms with E-state index in [4.69, 9.17) is 4.74 Å². The van der Waals surface area contributed by atoms with E-state index in [0.29, 0.717) is 31.8 Å². The Labute approximate surface area is 187 Å².